The maximum atomic E-state index is 5.92. The lowest BCUT2D eigenvalue weighted by atomic mass is 10.1. The quantitative estimate of drug-likeness (QED) is 0.455. The molecule has 0 aliphatic carbocycles. The molecule has 1 aromatic rings. The minimum absolute atomic E-state index is 0.145. The number of halogens is 1. The summed E-state index contributed by atoms with van der Waals surface area (Å²) in [6.45, 7) is 4.97. The Bertz CT molecular complexity index is 487. The van der Waals surface area contributed by atoms with Crippen molar-refractivity contribution in [2.75, 3.05) is 33.4 Å². The van der Waals surface area contributed by atoms with Crippen molar-refractivity contribution in [3.8, 4) is 0 Å². The fraction of sp³-hybridized carbons (Fsp3) is 0.588. The molecular formula is C17H26ClN3O2. The Balaban J connectivity index is 1.65. The summed E-state index contributed by atoms with van der Waals surface area (Å²) in [7, 11) is 1.76. The van der Waals surface area contributed by atoms with Crippen LogP contribution in [0.2, 0.25) is 5.02 Å². The van der Waals surface area contributed by atoms with Gasteiger partial charge in [0.25, 0.3) is 0 Å². The Morgan fingerprint density at radius 3 is 2.87 bits per heavy atom. The number of aliphatic imine (C=N–C) groups is 1. The van der Waals surface area contributed by atoms with Crippen molar-refractivity contribution >= 4 is 17.6 Å². The molecule has 1 aliphatic heterocycles. The highest BCUT2D eigenvalue weighted by Gasteiger charge is 2.15. The molecule has 0 radical (unpaired) electrons. The van der Waals surface area contributed by atoms with Crippen LogP contribution < -0.4 is 10.6 Å². The number of nitrogens with one attached hydrogen (secondary N) is 2. The number of hydrogen-bond acceptors (Lipinski definition) is 3. The zero-order valence-corrected chi connectivity index (χ0v) is 14.6. The third kappa shape index (κ3) is 6.37. The van der Waals surface area contributed by atoms with Gasteiger partial charge < -0.3 is 20.1 Å². The maximum absolute atomic E-state index is 5.92. The van der Waals surface area contributed by atoms with Crippen molar-refractivity contribution in [1.29, 1.82) is 0 Å². The van der Waals surface area contributed by atoms with Crippen LogP contribution in [0, 0.1) is 0 Å². The van der Waals surface area contributed by atoms with E-state index in [1.165, 1.54) is 0 Å². The van der Waals surface area contributed by atoms with Crippen LogP contribution in [0.25, 0.3) is 0 Å². The molecule has 1 saturated heterocycles. The third-order valence-electron chi connectivity index (χ3n) is 3.81. The molecule has 6 heteroatoms. The molecule has 5 nitrogen and oxygen atoms in total. The molecule has 2 rings (SSSR count). The summed E-state index contributed by atoms with van der Waals surface area (Å²) in [4.78, 5) is 4.23. The van der Waals surface area contributed by atoms with E-state index in [1.807, 2.05) is 24.3 Å². The van der Waals surface area contributed by atoms with E-state index in [0.717, 1.165) is 36.0 Å². The fourth-order valence-corrected chi connectivity index (χ4v) is 2.59. The molecule has 2 unspecified atom stereocenters. The topological polar surface area (TPSA) is 54.9 Å². The second-order valence-corrected chi connectivity index (χ2v) is 6.06. The zero-order valence-electron chi connectivity index (χ0n) is 13.8. The Hall–Kier alpha value is -1.30. The van der Waals surface area contributed by atoms with Crippen LogP contribution in [0.5, 0.6) is 0 Å². The van der Waals surface area contributed by atoms with Gasteiger partial charge in [-0.3, -0.25) is 4.99 Å². The van der Waals surface area contributed by atoms with Crippen LogP contribution in [0.3, 0.4) is 0 Å². The number of guanidine groups is 1. The molecule has 1 fully saturated rings. The van der Waals surface area contributed by atoms with Crippen molar-refractivity contribution in [1.82, 2.24) is 10.6 Å². The molecule has 0 amide bonds. The largest absolute Gasteiger partial charge is 0.377 e. The summed E-state index contributed by atoms with van der Waals surface area (Å²) in [5.74, 6) is 0.758. The lowest BCUT2D eigenvalue weighted by Gasteiger charge is -2.18. The summed E-state index contributed by atoms with van der Waals surface area (Å²) in [5, 5.41) is 7.35. The Labute approximate surface area is 143 Å². The summed E-state index contributed by atoms with van der Waals surface area (Å²) in [6.07, 6.45) is 2.53. The van der Waals surface area contributed by atoms with Crippen molar-refractivity contribution in [2.45, 2.75) is 31.9 Å². The molecule has 1 heterocycles. The van der Waals surface area contributed by atoms with Crippen LogP contribution in [0.4, 0.5) is 0 Å². The standard InChI is InChI=1S/C17H26ClN3O2/c1-13(14-5-7-15(18)8-6-14)21-17(19-2)20-9-11-22-12-16-4-3-10-23-16/h5-8,13,16H,3-4,9-12H2,1-2H3,(H2,19,20,21). The summed E-state index contributed by atoms with van der Waals surface area (Å²) in [5.41, 5.74) is 1.16. The SMILES string of the molecule is CN=C(NCCOCC1CCCO1)NC(C)c1ccc(Cl)cc1. The van der Waals surface area contributed by atoms with Gasteiger partial charge in [-0.1, -0.05) is 23.7 Å². The third-order valence-corrected chi connectivity index (χ3v) is 4.07. The average Bonchev–Trinajstić information content (AvgIpc) is 3.07. The minimum atomic E-state index is 0.145. The highest BCUT2D eigenvalue weighted by atomic mass is 35.5. The Morgan fingerprint density at radius 1 is 1.43 bits per heavy atom. The molecule has 1 aromatic carbocycles. The van der Waals surface area contributed by atoms with Crippen LogP contribution in [-0.4, -0.2) is 45.5 Å². The number of ether oxygens (including phenoxy) is 2. The van der Waals surface area contributed by atoms with Crippen molar-refractivity contribution in [3.63, 3.8) is 0 Å². The number of hydrogen-bond donors (Lipinski definition) is 2. The van der Waals surface area contributed by atoms with E-state index < -0.39 is 0 Å². The van der Waals surface area contributed by atoms with E-state index in [0.29, 0.717) is 19.8 Å². The Morgan fingerprint density at radius 2 is 2.22 bits per heavy atom. The molecule has 2 N–H and O–H groups in total. The van der Waals surface area contributed by atoms with Gasteiger partial charge in [0.05, 0.1) is 25.4 Å². The first-order valence-electron chi connectivity index (χ1n) is 8.11. The zero-order chi connectivity index (χ0) is 16.5. The molecule has 0 bridgehead atoms. The van der Waals surface area contributed by atoms with Crippen LogP contribution in [0.1, 0.15) is 31.4 Å². The summed E-state index contributed by atoms with van der Waals surface area (Å²) >= 11 is 5.92. The van der Waals surface area contributed by atoms with Gasteiger partial charge in [-0.05, 0) is 37.5 Å². The molecule has 2 atom stereocenters. The number of benzene rings is 1. The van der Waals surface area contributed by atoms with Gasteiger partial charge in [-0.2, -0.15) is 0 Å². The van der Waals surface area contributed by atoms with Gasteiger partial charge in [0.2, 0.25) is 0 Å². The molecule has 0 spiro atoms. The molecule has 0 aromatic heterocycles. The normalized spacial score (nSPS) is 19.6. The highest BCUT2D eigenvalue weighted by molar-refractivity contribution is 6.30. The van der Waals surface area contributed by atoms with E-state index in [2.05, 4.69) is 22.5 Å². The van der Waals surface area contributed by atoms with E-state index in [1.54, 1.807) is 7.05 Å². The van der Waals surface area contributed by atoms with Crippen LogP contribution in [-0.2, 0) is 9.47 Å². The van der Waals surface area contributed by atoms with Gasteiger partial charge in [-0.25, -0.2) is 0 Å². The van der Waals surface area contributed by atoms with Gasteiger partial charge in [0.15, 0.2) is 5.96 Å². The maximum Gasteiger partial charge on any atom is 0.191 e. The average molecular weight is 340 g/mol. The van der Waals surface area contributed by atoms with Crippen LogP contribution in [0.15, 0.2) is 29.3 Å². The van der Waals surface area contributed by atoms with Gasteiger partial charge in [0, 0.05) is 25.2 Å². The van der Waals surface area contributed by atoms with Crippen LogP contribution >= 0.6 is 11.6 Å². The first-order chi connectivity index (χ1) is 11.2. The smallest absolute Gasteiger partial charge is 0.191 e. The molecule has 0 saturated carbocycles. The van der Waals surface area contributed by atoms with Crippen molar-refractivity contribution < 1.29 is 9.47 Å². The first kappa shape index (κ1) is 18.0. The second-order valence-electron chi connectivity index (χ2n) is 5.63. The predicted molar refractivity (Wildman–Crippen MR) is 94.2 cm³/mol. The highest BCUT2D eigenvalue weighted by Crippen LogP contribution is 2.15. The van der Waals surface area contributed by atoms with Gasteiger partial charge in [0.1, 0.15) is 0 Å². The predicted octanol–water partition coefficient (Wildman–Crippen LogP) is 2.76. The monoisotopic (exact) mass is 339 g/mol. The second kappa shape index (κ2) is 9.75. The van der Waals surface area contributed by atoms with Crippen molar-refractivity contribution in [3.05, 3.63) is 34.9 Å². The van der Waals surface area contributed by atoms with E-state index in [4.69, 9.17) is 21.1 Å². The molecule has 23 heavy (non-hydrogen) atoms. The number of nitrogens with zero attached hydrogens (tertiary/aromatic N) is 1. The summed E-state index contributed by atoms with van der Waals surface area (Å²) in [6, 6.07) is 7.95. The Kier molecular flexibility index (Phi) is 7.65. The van der Waals surface area contributed by atoms with E-state index in [9.17, 15) is 0 Å². The minimum Gasteiger partial charge on any atom is -0.377 e. The molecular weight excluding hydrogens is 314 g/mol. The molecule has 1 aliphatic rings. The molecule has 128 valence electrons. The first-order valence-corrected chi connectivity index (χ1v) is 8.49. The summed E-state index contributed by atoms with van der Waals surface area (Å²) < 4.78 is 11.2. The lowest BCUT2D eigenvalue weighted by molar-refractivity contribution is 0.0191. The van der Waals surface area contributed by atoms with E-state index >= 15 is 0 Å². The van der Waals surface area contributed by atoms with E-state index in [-0.39, 0.29) is 12.1 Å². The van der Waals surface area contributed by atoms with Gasteiger partial charge in [-0.15, -0.1) is 0 Å². The van der Waals surface area contributed by atoms with Gasteiger partial charge >= 0.3 is 0 Å². The fourth-order valence-electron chi connectivity index (χ4n) is 2.47. The van der Waals surface area contributed by atoms with Crippen molar-refractivity contribution in [2.24, 2.45) is 4.99 Å². The lowest BCUT2D eigenvalue weighted by Crippen LogP contribution is -2.40. The number of rotatable bonds is 7.